The molecule has 2 aliphatic carbocycles. The summed E-state index contributed by atoms with van der Waals surface area (Å²) >= 11 is 0. The van der Waals surface area contributed by atoms with E-state index >= 15 is 0 Å². The second-order valence-corrected chi connectivity index (χ2v) is 6.85. The maximum absolute atomic E-state index is 12.4. The van der Waals surface area contributed by atoms with Crippen LogP contribution in [-0.4, -0.2) is 18.0 Å². The Morgan fingerprint density at radius 3 is 2.53 bits per heavy atom. The monoisotopic (exact) mass is 266 g/mol. The number of carbonyl (C=O) groups is 1. The third kappa shape index (κ3) is 3.95. The van der Waals surface area contributed by atoms with Crippen molar-refractivity contribution >= 4 is 5.91 Å². The van der Waals surface area contributed by atoms with Crippen LogP contribution in [0.25, 0.3) is 0 Å². The highest BCUT2D eigenvalue weighted by Crippen LogP contribution is 2.30. The fourth-order valence-corrected chi connectivity index (χ4v) is 3.80. The molecule has 4 unspecified atom stereocenters. The van der Waals surface area contributed by atoms with Crippen LogP contribution in [0.3, 0.4) is 0 Å². The molecule has 0 aromatic carbocycles. The van der Waals surface area contributed by atoms with E-state index in [1.54, 1.807) is 0 Å². The molecule has 0 aromatic heterocycles. The minimum Gasteiger partial charge on any atom is -0.353 e. The molecule has 0 aliphatic heterocycles. The lowest BCUT2D eigenvalue weighted by Gasteiger charge is -2.34. The fraction of sp³-hybridized carbons (Fsp3) is 0.938. The molecule has 0 bridgehead atoms. The summed E-state index contributed by atoms with van der Waals surface area (Å²) < 4.78 is 0. The van der Waals surface area contributed by atoms with Crippen molar-refractivity contribution < 1.29 is 4.79 Å². The van der Waals surface area contributed by atoms with Gasteiger partial charge in [0.25, 0.3) is 0 Å². The van der Waals surface area contributed by atoms with Crippen LogP contribution >= 0.6 is 0 Å². The predicted molar refractivity (Wildman–Crippen MR) is 78.7 cm³/mol. The minimum absolute atomic E-state index is 0.134. The molecule has 0 spiro atoms. The number of carbonyl (C=O) groups excluding carboxylic acids is 1. The number of rotatable bonds is 3. The van der Waals surface area contributed by atoms with Gasteiger partial charge in [-0.25, -0.2) is 0 Å². The van der Waals surface area contributed by atoms with E-state index in [2.05, 4.69) is 19.2 Å². The van der Waals surface area contributed by atoms with Crippen molar-refractivity contribution in [2.45, 2.75) is 77.3 Å². The Morgan fingerprint density at radius 2 is 1.84 bits per heavy atom. The number of nitrogens with two attached hydrogens (primary N) is 1. The van der Waals surface area contributed by atoms with Gasteiger partial charge in [0.15, 0.2) is 0 Å². The SMILES string of the molecule is CC1CCC(N)CC1C(=O)NC(C)C1CCCCC1. The Bertz CT molecular complexity index is 299. The number of hydrogen-bond acceptors (Lipinski definition) is 2. The van der Waals surface area contributed by atoms with Gasteiger partial charge < -0.3 is 11.1 Å². The average molecular weight is 266 g/mol. The fourth-order valence-electron chi connectivity index (χ4n) is 3.80. The average Bonchev–Trinajstić information content (AvgIpc) is 2.42. The Kier molecular flexibility index (Phi) is 5.26. The number of hydrogen-bond donors (Lipinski definition) is 2. The lowest BCUT2D eigenvalue weighted by Crippen LogP contribution is -2.46. The first-order valence-corrected chi connectivity index (χ1v) is 8.14. The van der Waals surface area contributed by atoms with Crippen molar-refractivity contribution in [3.63, 3.8) is 0 Å². The molecule has 19 heavy (non-hydrogen) atoms. The Morgan fingerprint density at radius 1 is 1.16 bits per heavy atom. The van der Waals surface area contributed by atoms with Crippen LogP contribution in [0.5, 0.6) is 0 Å². The van der Waals surface area contributed by atoms with Crippen molar-refractivity contribution in [3.05, 3.63) is 0 Å². The van der Waals surface area contributed by atoms with Crippen LogP contribution in [0.1, 0.15) is 65.2 Å². The second-order valence-electron chi connectivity index (χ2n) is 6.85. The molecule has 0 saturated heterocycles. The third-order valence-electron chi connectivity index (χ3n) is 5.30. The van der Waals surface area contributed by atoms with Crippen molar-refractivity contribution in [2.24, 2.45) is 23.5 Å². The van der Waals surface area contributed by atoms with Crippen LogP contribution in [0.4, 0.5) is 0 Å². The summed E-state index contributed by atoms with van der Waals surface area (Å²) in [4.78, 5) is 12.4. The molecular formula is C16H30N2O. The molecule has 3 nitrogen and oxygen atoms in total. The quantitative estimate of drug-likeness (QED) is 0.825. The lowest BCUT2D eigenvalue weighted by molar-refractivity contribution is -0.128. The van der Waals surface area contributed by atoms with Gasteiger partial charge in [-0.1, -0.05) is 26.2 Å². The Labute approximate surface area is 117 Å². The second kappa shape index (κ2) is 6.74. The summed E-state index contributed by atoms with van der Waals surface area (Å²) in [6, 6.07) is 0.551. The summed E-state index contributed by atoms with van der Waals surface area (Å²) in [6.07, 6.45) is 9.61. The lowest BCUT2D eigenvalue weighted by atomic mass is 9.77. The van der Waals surface area contributed by atoms with Gasteiger partial charge in [0.2, 0.25) is 5.91 Å². The summed E-state index contributed by atoms with van der Waals surface area (Å²) in [5, 5.41) is 3.28. The van der Waals surface area contributed by atoms with Crippen LogP contribution in [0.2, 0.25) is 0 Å². The zero-order chi connectivity index (χ0) is 13.8. The van der Waals surface area contributed by atoms with Gasteiger partial charge >= 0.3 is 0 Å². The maximum Gasteiger partial charge on any atom is 0.223 e. The third-order valence-corrected chi connectivity index (χ3v) is 5.30. The first-order valence-electron chi connectivity index (χ1n) is 8.14. The minimum atomic E-state index is 0.134. The summed E-state index contributed by atoms with van der Waals surface area (Å²) in [5.41, 5.74) is 6.02. The normalized spacial score (nSPS) is 34.8. The molecule has 0 heterocycles. The molecule has 0 aromatic rings. The van der Waals surface area contributed by atoms with E-state index < -0.39 is 0 Å². The van der Waals surface area contributed by atoms with E-state index in [0.717, 1.165) is 19.3 Å². The van der Waals surface area contributed by atoms with Gasteiger partial charge in [-0.2, -0.15) is 0 Å². The van der Waals surface area contributed by atoms with Crippen molar-refractivity contribution in [1.29, 1.82) is 0 Å². The molecule has 3 heteroatoms. The first kappa shape index (κ1) is 14.8. The van der Waals surface area contributed by atoms with Crippen LogP contribution in [-0.2, 0) is 4.79 Å². The van der Waals surface area contributed by atoms with E-state index in [1.165, 1.54) is 32.1 Å². The van der Waals surface area contributed by atoms with E-state index in [-0.39, 0.29) is 17.9 Å². The van der Waals surface area contributed by atoms with E-state index in [0.29, 0.717) is 17.9 Å². The molecule has 2 aliphatic rings. The highest BCUT2D eigenvalue weighted by atomic mass is 16.2. The van der Waals surface area contributed by atoms with Gasteiger partial charge in [0.1, 0.15) is 0 Å². The van der Waals surface area contributed by atoms with Gasteiger partial charge in [-0.05, 0) is 50.9 Å². The zero-order valence-corrected chi connectivity index (χ0v) is 12.5. The molecule has 4 atom stereocenters. The molecule has 3 N–H and O–H groups in total. The molecule has 2 fully saturated rings. The summed E-state index contributed by atoms with van der Waals surface area (Å²) in [5.74, 6) is 1.55. The van der Waals surface area contributed by atoms with Crippen molar-refractivity contribution in [2.75, 3.05) is 0 Å². The topological polar surface area (TPSA) is 55.1 Å². The molecule has 2 rings (SSSR count). The largest absolute Gasteiger partial charge is 0.353 e. The van der Waals surface area contributed by atoms with E-state index in [4.69, 9.17) is 5.73 Å². The van der Waals surface area contributed by atoms with Crippen LogP contribution < -0.4 is 11.1 Å². The number of nitrogens with one attached hydrogen (secondary N) is 1. The molecule has 1 amide bonds. The predicted octanol–water partition coefficient (Wildman–Crippen LogP) is 2.83. The van der Waals surface area contributed by atoms with Crippen molar-refractivity contribution in [3.8, 4) is 0 Å². The molecule has 2 saturated carbocycles. The van der Waals surface area contributed by atoms with Crippen LogP contribution in [0, 0.1) is 17.8 Å². The highest BCUT2D eigenvalue weighted by Gasteiger charge is 2.32. The molecule has 0 radical (unpaired) electrons. The van der Waals surface area contributed by atoms with Gasteiger partial charge in [0.05, 0.1) is 0 Å². The maximum atomic E-state index is 12.4. The van der Waals surface area contributed by atoms with Gasteiger partial charge in [0, 0.05) is 18.0 Å². The van der Waals surface area contributed by atoms with Crippen LogP contribution in [0.15, 0.2) is 0 Å². The summed E-state index contributed by atoms with van der Waals surface area (Å²) in [6.45, 7) is 4.38. The zero-order valence-electron chi connectivity index (χ0n) is 12.5. The smallest absolute Gasteiger partial charge is 0.223 e. The van der Waals surface area contributed by atoms with E-state index in [1.807, 2.05) is 0 Å². The highest BCUT2D eigenvalue weighted by molar-refractivity contribution is 5.79. The Balaban J connectivity index is 1.85. The molecule has 110 valence electrons. The standard InChI is InChI=1S/C16H30N2O/c1-11-8-9-14(17)10-15(11)16(19)18-12(2)13-6-4-3-5-7-13/h11-15H,3-10,17H2,1-2H3,(H,18,19). The summed E-state index contributed by atoms with van der Waals surface area (Å²) in [7, 11) is 0. The Hall–Kier alpha value is -0.570. The van der Waals surface area contributed by atoms with Crippen molar-refractivity contribution in [1.82, 2.24) is 5.32 Å². The number of amides is 1. The van der Waals surface area contributed by atoms with E-state index in [9.17, 15) is 4.79 Å². The first-order chi connectivity index (χ1) is 9.08. The van der Waals surface area contributed by atoms with Gasteiger partial charge in [-0.15, -0.1) is 0 Å². The molecular weight excluding hydrogens is 236 g/mol. The van der Waals surface area contributed by atoms with Gasteiger partial charge in [-0.3, -0.25) is 4.79 Å².